The summed E-state index contributed by atoms with van der Waals surface area (Å²) in [5.74, 6) is -1.10. The molecule has 17 heavy (non-hydrogen) atoms. The van der Waals surface area contributed by atoms with Gasteiger partial charge in [0.2, 0.25) is 5.54 Å². The van der Waals surface area contributed by atoms with E-state index in [9.17, 15) is 9.90 Å². The minimum absolute atomic E-state index is 0.252. The summed E-state index contributed by atoms with van der Waals surface area (Å²) in [6, 6.07) is 11.4. The first-order chi connectivity index (χ1) is 8.06. The lowest BCUT2D eigenvalue weighted by Crippen LogP contribution is -2.51. The van der Waals surface area contributed by atoms with Crippen LogP contribution in [0.5, 0.6) is 0 Å². The summed E-state index contributed by atoms with van der Waals surface area (Å²) in [4.78, 5) is 12.8. The van der Waals surface area contributed by atoms with Crippen LogP contribution < -0.4 is 0 Å². The average Bonchev–Trinajstić information content (AvgIpc) is 2.32. The van der Waals surface area contributed by atoms with E-state index in [0.29, 0.717) is 6.54 Å². The van der Waals surface area contributed by atoms with Crippen LogP contribution in [0, 0.1) is 11.3 Å². The van der Waals surface area contributed by atoms with Gasteiger partial charge in [-0.1, -0.05) is 37.3 Å². The van der Waals surface area contributed by atoms with Gasteiger partial charge in [-0.2, -0.15) is 5.26 Å². The maximum atomic E-state index is 11.3. The van der Waals surface area contributed by atoms with E-state index < -0.39 is 11.5 Å². The van der Waals surface area contributed by atoms with Gasteiger partial charge in [-0.05, 0) is 19.0 Å². The first-order valence-corrected chi connectivity index (χ1v) is 5.46. The molecule has 1 aromatic rings. The zero-order valence-corrected chi connectivity index (χ0v) is 10.1. The third kappa shape index (κ3) is 2.63. The van der Waals surface area contributed by atoms with E-state index in [2.05, 4.69) is 0 Å². The van der Waals surface area contributed by atoms with Crippen molar-refractivity contribution in [1.29, 1.82) is 5.26 Å². The minimum atomic E-state index is -1.45. The quantitative estimate of drug-likeness (QED) is 0.841. The molecule has 0 saturated carbocycles. The summed E-state index contributed by atoms with van der Waals surface area (Å²) < 4.78 is 0. The Hall–Kier alpha value is -1.86. The molecular formula is C13H16N2O2. The van der Waals surface area contributed by atoms with Crippen molar-refractivity contribution < 1.29 is 9.90 Å². The first-order valence-electron chi connectivity index (χ1n) is 5.46. The van der Waals surface area contributed by atoms with Crippen LogP contribution in [0.15, 0.2) is 30.3 Å². The molecule has 0 amide bonds. The average molecular weight is 232 g/mol. The van der Waals surface area contributed by atoms with Crippen molar-refractivity contribution in [1.82, 2.24) is 4.90 Å². The van der Waals surface area contributed by atoms with Crippen LogP contribution >= 0.6 is 0 Å². The Bertz CT molecular complexity index is 425. The fourth-order valence-corrected chi connectivity index (χ4v) is 1.79. The second-order valence-corrected chi connectivity index (χ2v) is 3.97. The van der Waals surface area contributed by atoms with Crippen LogP contribution in [-0.2, 0) is 11.3 Å². The van der Waals surface area contributed by atoms with Crippen molar-refractivity contribution in [3.63, 3.8) is 0 Å². The van der Waals surface area contributed by atoms with Gasteiger partial charge in [0.15, 0.2) is 0 Å². The van der Waals surface area contributed by atoms with Gasteiger partial charge in [0.1, 0.15) is 0 Å². The third-order valence-electron chi connectivity index (χ3n) is 2.96. The molecule has 1 unspecified atom stereocenters. The number of likely N-dealkylation sites (N-methyl/N-ethyl adjacent to an activating group) is 1. The van der Waals surface area contributed by atoms with E-state index in [4.69, 9.17) is 5.26 Å². The number of benzene rings is 1. The number of nitrogens with zero attached hydrogens (tertiary/aromatic N) is 2. The van der Waals surface area contributed by atoms with Gasteiger partial charge in [0, 0.05) is 6.54 Å². The van der Waals surface area contributed by atoms with Gasteiger partial charge >= 0.3 is 5.97 Å². The highest BCUT2D eigenvalue weighted by atomic mass is 16.4. The standard InChI is InChI=1S/C13H16N2O2/c1-3-13(10-14,12(16)17)15(2)9-11-7-5-4-6-8-11/h4-8H,3,9H2,1-2H3,(H,16,17). The van der Waals surface area contributed by atoms with Crippen molar-refractivity contribution in [3.05, 3.63) is 35.9 Å². The summed E-state index contributed by atoms with van der Waals surface area (Å²) in [6.45, 7) is 2.15. The molecule has 0 aliphatic heterocycles. The molecule has 0 aliphatic rings. The first kappa shape index (κ1) is 13.2. The van der Waals surface area contributed by atoms with Gasteiger partial charge in [0.05, 0.1) is 6.07 Å². The second kappa shape index (κ2) is 5.46. The lowest BCUT2D eigenvalue weighted by molar-refractivity contribution is -0.147. The topological polar surface area (TPSA) is 64.3 Å². The number of hydrogen-bond acceptors (Lipinski definition) is 3. The van der Waals surface area contributed by atoms with E-state index in [1.807, 2.05) is 36.4 Å². The molecule has 1 rings (SSSR count). The summed E-state index contributed by atoms with van der Waals surface area (Å²) in [5.41, 5.74) is -0.458. The largest absolute Gasteiger partial charge is 0.479 e. The van der Waals surface area contributed by atoms with Gasteiger partial charge in [0.25, 0.3) is 0 Å². The predicted molar refractivity (Wildman–Crippen MR) is 64.2 cm³/mol. The maximum Gasteiger partial charge on any atom is 0.339 e. The summed E-state index contributed by atoms with van der Waals surface area (Å²) >= 11 is 0. The molecule has 0 fully saturated rings. The van der Waals surface area contributed by atoms with E-state index in [0.717, 1.165) is 5.56 Å². The Morgan fingerprint density at radius 2 is 2.06 bits per heavy atom. The van der Waals surface area contributed by atoms with Crippen LogP contribution in [0.2, 0.25) is 0 Å². The fraction of sp³-hybridized carbons (Fsp3) is 0.385. The van der Waals surface area contributed by atoms with E-state index >= 15 is 0 Å². The number of nitriles is 1. The Morgan fingerprint density at radius 3 is 2.47 bits per heavy atom. The second-order valence-electron chi connectivity index (χ2n) is 3.97. The summed E-state index contributed by atoms with van der Waals surface area (Å²) in [7, 11) is 1.66. The molecule has 4 nitrogen and oxygen atoms in total. The predicted octanol–water partition coefficient (Wildman–Crippen LogP) is 1.88. The van der Waals surface area contributed by atoms with E-state index in [1.165, 1.54) is 0 Å². The molecule has 0 aromatic heterocycles. The van der Waals surface area contributed by atoms with Crippen LogP contribution in [0.1, 0.15) is 18.9 Å². The molecule has 1 N–H and O–H groups in total. The third-order valence-corrected chi connectivity index (χ3v) is 2.96. The van der Waals surface area contributed by atoms with Crippen LogP contribution in [-0.4, -0.2) is 28.6 Å². The van der Waals surface area contributed by atoms with Crippen molar-refractivity contribution in [2.75, 3.05) is 7.05 Å². The highest BCUT2D eigenvalue weighted by Crippen LogP contribution is 2.20. The van der Waals surface area contributed by atoms with Crippen LogP contribution in [0.25, 0.3) is 0 Å². The molecule has 4 heteroatoms. The van der Waals surface area contributed by atoms with Gasteiger partial charge < -0.3 is 5.11 Å². The van der Waals surface area contributed by atoms with Gasteiger partial charge in [-0.15, -0.1) is 0 Å². The van der Waals surface area contributed by atoms with E-state index in [-0.39, 0.29) is 6.42 Å². The molecule has 0 bridgehead atoms. The summed E-state index contributed by atoms with van der Waals surface area (Å²) in [5, 5.41) is 18.3. The van der Waals surface area contributed by atoms with Gasteiger partial charge in [-0.25, -0.2) is 4.79 Å². The number of carbonyl (C=O) groups is 1. The van der Waals surface area contributed by atoms with E-state index in [1.54, 1.807) is 18.9 Å². The lowest BCUT2D eigenvalue weighted by Gasteiger charge is -2.31. The monoisotopic (exact) mass is 232 g/mol. The number of carboxylic acids is 1. The molecule has 0 aliphatic carbocycles. The number of rotatable bonds is 5. The lowest BCUT2D eigenvalue weighted by atomic mass is 9.95. The number of carboxylic acid groups (broad SMARTS) is 1. The van der Waals surface area contributed by atoms with Crippen molar-refractivity contribution >= 4 is 5.97 Å². The van der Waals surface area contributed by atoms with Crippen LogP contribution in [0.4, 0.5) is 0 Å². The molecular weight excluding hydrogens is 216 g/mol. The molecule has 0 spiro atoms. The Morgan fingerprint density at radius 1 is 1.47 bits per heavy atom. The number of hydrogen-bond donors (Lipinski definition) is 1. The zero-order valence-electron chi connectivity index (χ0n) is 10.1. The van der Waals surface area contributed by atoms with Crippen molar-refractivity contribution in [3.8, 4) is 6.07 Å². The molecule has 1 atom stereocenters. The van der Waals surface area contributed by atoms with Gasteiger partial charge in [-0.3, -0.25) is 4.90 Å². The minimum Gasteiger partial charge on any atom is -0.479 e. The zero-order chi connectivity index (χ0) is 12.9. The molecule has 1 aromatic carbocycles. The smallest absolute Gasteiger partial charge is 0.339 e. The van der Waals surface area contributed by atoms with Crippen molar-refractivity contribution in [2.24, 2.45) is 0 Å². The number of aliphatic carboxylic acids is 1. The van der Waals surface area contributed by atoms with Crippen molar-refractivity contribution in [2.45, 2.75) is 25.4 Å². The molecule has 0 radical (unpaired) electrons. The molecule has 90 valence electrons. The SMILES string of the molecule is CCC(C#N)(C(=O)O)N(C)Cc1ccccc1. The highest BCUT2D eigenvalue weighted by molar-refractivity contribution is 5.82. The van der Waals surface area contributed by atoms with Crippen LogP contribution in [0.3, 0.4) is 0 Å². The molecule has 0 heterocycles. The Labute approximate surface area is 101 Å². The molecule has 0 saturated heterocycles. The Kier molecular flexibility index (Phi) is 4.24. The fourth-order valence-electron chi connectivity index (χ4n) is 1.79. The highest BCUT2D eigenvalue weighted by Gasteiger charge is 2.41. The maximum absolute atomic E-state index is 11.3. The normalized spacial score (nSPS) is 14.0. The summed E-state index contributed by atoms with van der Waals surface area (Å²) in [6.07, 6.45) is 0.252. The Balaban J connectivity index is 2.92.